The second-order valence-corrected chi connectivity index (χ2v) is 10.1. The van der Waals surface area contributed by atoms with Gasteiger partial charge in [-0.25, -0.2) is 13.1 Å². The van der Waals surface area contributed by atoms with Crippen LogP contribution in [0.2, 0.25) is 0 Å². The van der Waals surface area contributed by atoms with Crippen LogP contribution in [0.4, 0.5) is 0 Å². The number of carbonyl (C=O) groups is 1. The van der Waals surface area contributed by atoms with E-state index in [4.69, 9.17) is 9.15 Å². The number of ether oxygens (including phenoxy) is 1. The highest BCUT2D eigenvalue weighted by Crippen LogP contribution is 2.21. The Balaban J connectivity index is 1.71. The van der Waals surface area contributed by atoms with E-state index in [1.54, 1.807) is 18.2 Å². The number of nitrogens with one attached hydrogen (secondary N) is 2. The maximum atomic E-state index is 13.1. The summed E-state index contributed by atoms with van der Waals surface area (Å²) >= 11 is 0. The Morgan fingerprint density at radius 1 is 1.15 bits per heavy atom. The smallest absolute Gasteiger partial charge is 0.251 e. The molecule has 2 aromatic rings. The SMILES string of the molecule is CCC(CC)C(CNC(=O)c1cc(S(=O)(=O)NCc2ccco2)ccc1C)N1CCOCC1. The van der Waals surface area contributed by atoms with Crippen molar-refractivity contribution < 1.29 is 22.4 Å². The van der Waals surface area contributed by atoms with Crippen molar-refractivity contribution in [2.75, 3.05) is 32.8 Å². The van der Waals surface area contributed by atoms with Crippen molar-refractivity contribution in [2.24, 2.45) is 5.92 Å². The van der Waals surface area contributed by atoms with Crippen molar-refractivity contribution in [1.82, 2.24) is 14.9 Å². The predicted octanol–water partition coefficient (Wildman–Crippen LogP) is 2.93. The number of aryl methyl sites for hydroxylation is 1. The van der Waals surface area contributed by atoms with Gasteiger partial charge in [0.15, 0.2) is 0 Å². The summed E-state index contributed by atoms with van der Waals surface area (Å²) in [6, 6.07) is 8.23. The van der Waals surface area contributed by atoms with Crippen molar-refractivity contribution >= 4 is 15.9 Å². The topological polar surface area (TPSA) is 101 Å². The van der Waals surface area contributed by atoms with E-state index >= 15 is 0 Å². The molecular weight excluding hydrogens is 442 g/mol. The number of furan rings is 1. The molecule has 33 heavy (non-hydrogen) atoms. The average Bonchev–Trinajstić information content (AvgIpc) is 3.35. The molecule has 2 N–H and O–H groups in total. The van der Waals surface area contributed by atoms with E-state index in [0.29, 0.717) is 37.0 Å². The molecule has 1 atom stereocenters. The van der Waals surface area contributed by atoms with Gasteiger partial charge in [-0.2, -0.15) is 0 Å². The van der Waals surface area contributed by atoms with Crippen molar-refractivity contribution in [1.29, 1.82) is 0 Å². The van der Waals surface area contributed by atoms with E-state index in [1.807, 2.05) is 6.92 Å². The predicted molar refractivity (Wildman–Crippen MR) is 126 cm³/mol. The molecule has 1 aliphatic rings. The number of benzene rings is 1. The first-order valence-electron chi connectivity index (χ1n) is 11.6. The third-order valence-electron chi connectivity index (χ3n) is 6.36. The Kier molecular flexibility index (Phi) is 9.08. The van der Waals surface area contributed by atoms with Crippen LogP contribution in [-0.4, -0.2) is 58.1 Å². The Morgan fingerprint density at radius 3 is 2.52 bits per heavy atom. The summed E-state index contributed by atoms with van der Waals surface area (Å²) < 4.78 is 38.7. The van der Waals surface area contributed by atoms with E-state index in [0.717, 1.165) is 31.5 Å². The van der Waals surface area contributed by atoms with Crippen LogP contribution in [0.3, 0.4) is 0 Å². The Hall–Kier alpha value is -2.20. The van der Waals surface area contributed by atoms with Crippen molar-refractivity contribution in [3.8, 4) is 0 Å². The lowest BCUT2D eigenvalue weighted by Gasteiger charge is -2.38. The molecule has 1 unspecified atom stereocenters. The van der Waals surface area contributed by atoms with Gasteiger partial charge in [0.2, 0.25) is 10.0 Å². The first kappa shape index (κ1) is 25.4. The zero-order valence-electron chi connectivity index (χ0n) is 19.7. The molecule has 1 amide bonds. The molecule has 1 aromatic carbocycles. The van der Waals surface area contributed by atoms with E-state index < -0.39 is 10.0 Å². The lowest BCUT2D eigenvalue weighted by Crippen LogP contribution is -2.52. The summed E-state index contributed by atoms with van der Waals surface area (Å²) in [6.45, 7) is 9.83. The summed E-state index contributed by atoms with van der Waals surface area (Å²) in [7, 11) is -3.79. The van der Waals surface area contributed by atoms with Crippen LogP contribution in [0.15, 0.2) is 45.9 Å². The molecule has 1 saturated heterocycles. The Bertz CT molecular complexity index is 997. The molecule has 1 aliphatic heterocycles. The minimum absolute atomic E-state index is 0.0430. The fourth-order valence-electron chi connectivity index (χ4n) is 4.30. The van der Waals surface area contributed by atoms with Gasteiger partial charge in [0.25, 0.3) is 5.91 Å². The molecule has 9 heteroatoms. The summed E-state index contributed by atoms with van der Waals surface area (Å²) in [4.78, 5) is 15.5. The molecule has 2 heterocycles. The average molecular weight is 478 g/mol. The lowest BCUT2D eigenvalue weighted by atomic mass is 9.92. The van der Waals surface area contributed by atoms with Crippen molar-refractivity contribution in [3.63, 3.8) is 0 Å². The zero-order chi connectivity index (χ0) is 23.8. The van der Waals surface area contributed by atoms with Crippen molar-refractivity contribution in [2.45, 2.75) is 51.1 Å². The van der Waals surface area contributed by atoms with Crippen LogP contribution in [0.25, 0.3) is 0 Å². The van der Waals surface area contributed by atoms with E-state index in [9.17, 15) is 13.2 Å². The number of nitrogens with zero attached hydrogens (tertiary/aromatic N) is 1. The number of amides is 1. The van der Waals surface area contributed by atoms with Crippen LogP contribution in [0.5, 0.6) is 0 Å². The quantitative estimate of drug-likeness (QED) is 0.516. The second-order valence-electron chi connectivity index (χ2n) is 8.38. The van der Waals surface area contributed by atoms with Gasteiger partial charge in [-0.15, -0.1) is 0 Å². The largest absolute Gasteiger partial charge is 0.468 e. The highest BCUT2D eigenvalue weighted by molar-refractivity contribution is 7.89. The van der Waals surface area contributed by atoms with Crippen LogP contribution >= 0.6 is 0 Å². The summed E-state index contributed by atoms with van der Waals surface area (Å²) in [5.74, 6) is 0.709. The van der Waals surface area contributed by atoms with Gasteiger partial charge in [0, 0.05) is 31.2 Å². The third-order valence-corrected chi connectivity index (χ3v) is 7.76. The maximum Gasteiger partial charge on any atom is 0.251 e. The second kappa shape index (κ2) is 11.8. The number of sulfonamides is 1. The minimum Gasteiger partial charge on any atom is -0.468 e. The molecule has 182 valence electrons. The molecule has 0 bridgehead atoms. The van der Waals surface area contributed by atoms with Crippen molar-refractivity contribution in [3.05, 3.63) is 53.5 Å². The number of rotatable bonds is 11. The third kappa shape index (κ3) is 6.66. The molecule has 8 nitrogen and oxygen atoms in total. The van der Waals surface area contributed by atoms with E-state index in [1.165, 1.54) is 18.4 Å². The molecule has 0 radical (unpaired) electrons. The first-order chi connectivity index (χ1) is 15.9. The molecule has 1 aromatic heterocycles. The number of hydrogen-bond acceptors (Lipinski definition) is 6. The van der Waals surface area contributed by atoms with Crippen LogP contribution < -0.4 is 10.0 Å². The molecule has 3 rings (SSSR count). The highest BCUT2D eigenvalue weighted by atomic mass is 32.2. The summed E-state index contributed by atoms with van der Waals surface area (Å²) in [5, 5.41) is 3.07. The normalized spacial score (nSPS) is 16.1. The maximum absolute atomic E-state index is 13.1. The van der Waals surface area contributed by atoms with Gasteiger partial charge in [0.1, 0.15) is 5.76 Å². The van der Waals surface area contributed by atoms with Crippen LogP contribution in [-0.2, 0) is 21.3 Å². The lowest BCUT2D eigenvalue weighted by molar-refractivity contribution is 0.00191. The number of carbonyl (C=O) groups excluding carboxylic acids is 1. The fourth-order valence-corrected chi connectivity index (χ4v) is 5.32. The number of hydrogen-bond donors (Lipinski definition) is 2. The van der Waals surface area contributed by atoms with Gasteiger partial charge in [-0.1, -0.05) is 32.8 Å². The summed E-state index contributed by atoms with van der Waals surface area (Å²) in [5.41, 5.74) is 1.09. The van der Waals surface area contributed by atoms with Gasteiger partial charge >= 0.3 is 0 Å². The van der Waals surface area contributed by atoms with Crippen LogP contribution in [0.1, 0.15) is 48.4 Å². The molecular formula is C24H35N3O5S. The fraction of sp³-hybridized carbons (Fsp3) is 0.542. The standard InChI is InChI=1S/C24H35N3O5S/c1-4-19(5-2)23(27-10-13-31-14-11-27)17-25-24(28)22-15-21(9-8-18(22)3)33(29,30)26-16-20-7-6-12-32-20/h6-9,12,15,19,23,26H,4-5,10-11,13-14,16-17H2,1-3H3,(H,25,28). The molecule has 0 spiro atoms. The van der Waals surface area contributed by atoms with Gasteiger partial charge < -0.3 is 14.5 Å². The molecule has 1 fully saturated rings. The summed E-state index contributed by atoms with van der Waals surface area (Å²) in [6.07, 6.45) is 3.55. The Labute approximate surface area is 196 Å². The van der Waals surface area contributed by atoms with Gasteiger partial charge in [0.05, 0.1) is 30.9 Å². The Morgan fingerprint density at radius 2 is 1.88 bits per heavy atom. The number of morpholine rings is 1. The van der Waals surface area contributed by atoms with Gasteiger partial charge in [-0.3, -0.25) is 9.69 Å². The van der Waals surface area contributed by atoms with E-state index in [2.05, 4.69) is 28.8 Å². The zero-order valence-corrected chi connectivity index (χ0v) is 20.5. The monoisotopic (exact) mass is 477 g/mol. The highest BCUT2D eigenvalue weighted by Gasteiger charge is 2.28. The minimum atomic E-state index is -3.79. The first-order valence-corrected chi connectivity index (χ1v) is 13.1. The molecule has 0 saturated carbocycles. The van der Waals surface area contributed by atoms with Crippen LogP contribution in [0, 0.1) is 12.8 Å². The van der Waals surface area contributed by atoms with E-state index in [-0.39, 0.29) is 23.4 Å². The molecule has 0 aliphatic carbocycles. The van der Waals surface area contributed by atoms with Gasteiger partial charge in [-0.05, 0) is 42.7 Å².